The molecule has 0 radical (unpaired) electrons. The number of esters is 1. The van der Waals surface area contributed by atoms with Crippen LogP contribution >= 0.6 is 0 Å². The summed E-state index contributed by atoms with van der Waals surface area (Å²) in [4.78, 5) is 25.9. The number of ether oxygens (including phenoxy) is 1. The maximum Gasteiger partial charge on any atom is 0.309 e. The first-order chi connectivity index (χ1) is 15.6. The number of hydrogen-bond acceptors (Lipinski definition) is 4. The molecule has 0 spiro atoms. The Morgan fingerprint density at radius 2 is 1.66 bits per heavy atom. The topological polar surface area (TPSA) is 73.2 Å². The predicted molar refractivity (Wildman–Crippen MR) is 120 cm³/mol. The van der Waals surface area contributed by atoms with Gasteiger partial charge in [-0.1, -0.05) is 19.3 Å². The van der Waals surface area contributed by atoms with Gasteiger partial charge in [0.05, 0.1) is 19.1 Å². The van der Waals surface area contributed by atoms with Gasteiger partial charge in [0, 0.05) is 17.3 Å². The van der Waals surface area contributed by atoms with E-state index in [2.05, 4.69) is 10.00 Å². The highest BCUT2D eigenvalue weighted by Gasteiger charge is 2.49. The number of hydrogen-bond donors (Lipinski definition) is 1. The van der Waals surface area contributed by atoms with Crippen LogP contribution in [0.15, 0.2) is 0 Å². The van der Waals surface area contributed by atoms with Crippen LogP contribution in [-0.2, 0) is 22.4 Å². The Balaban J connectivity index is 1.28. The van der Waals surface area contributed by atoms with E-state index in [-0.39, 0.29) is 17.8 Å². The van der Waals surface area contributed by atoms with Gasteiger partial charge >= 0.3 is 5.97 Å². The number of carbonyl (C=O) groups is 2. The molecule has 1 atom stereocenters. The Kier molecular flexibility index (Phi) is 5.30. The molecule has 1 amide bonds. The SMILES string of the molecule is COC(=O)[C@@H]1CCc2c(c(C(=O)NC3C4CC5CC(C4)CC3C5)nn2C2CCCCC2)C1. The lowest BCUT2D eigenvalue weighted by molar-refractivity contribution is -0.145. The van der Waals surface area contributed by atoms with Gasteiger partial charge in [0.15, 0.2) is 5.69 Å². The van der Waals surface area contributed by atoms with Gasteiger partial charge in [-0.2, -0.15) is 5.10 Å². The summed E-state index contributed by atoms with van der Waals surface area (Å²) in [6, 6.07) is 0.709. The van der Waals surface area contributed by atoms with Gasteiger partial charge in [0.25, 0.3) is 5.91 Å². The molecule has 6 aliphatic carbocycles. The minimum absolute atomic E-state index is 0.00111. The van der Waals surface area contributed by atoms with Crippen molar-refractivity contribution in [1.29, 1.82) is 0 Å². The Hall–Kier alpha value is -1.85. The Morgan fingerprint density at radius 1 is 0.969 bits per heavy atom. The summed E-state index contributed by atoms with van der Waals surface area (Å²) in [5.41, 5.74) is 2.80. The second-order valence-corrected chi connectivity index (χ2v) is 11.4. The van der Waals surface area contributed by atoms with Crippen molar-refractivity contribution in [1.82, 2.24) is 15.1 Å². The van der Waals surface area contributed by atoms with Crippen LogP contribution in [0.5, 0.6) is 0 Å². The molecule has 1 aromatic rings. The van der Waals surface area contributed by atoms with Gasteiger partial charge in [-0.15, -0.1) is 0 Å². The molecule has 32 heavy (non-hydrogen) atoms. The molecule has 1 aromatic heterocycles. The van der Waals surface area contributed by atoms with Crippen molar-refractivity contribution < 1.29 is 14.3 Å². The monoisotopic (exact) mass is 439 g/mol. The quantitative estimate of drug-likeness (QED) is 0.713. The summed E-state index contributed by atoms with van der Waals surface area (Å²) in [5, 5.41) is 8.44. The summed E-state index contributed by atoms with van der Waals surface area (Å²) in [6.07, 6.45) is 14.8. The highest BCUT2D eigenvalue weighted by molar-refractivity contribution is 5.94. The molecule has 5 fully saturated rings. The van der Waals surface area contributed by atoms with E-state index in [1.54, 1.807) is 0 Å². The van der Waals surface area contributed by atoms with Crippen molar-refractivity contribution in [3.05, 3.63) is 17.0 Å². The van der Waals surface area contributed by atoms with Crippen molar-refractivity contribution in [3.63, 3.8) is 0 Å². The number of aromatic nitrogens is 2. The fourth-order valence-electron chi connectivity index (χ4n) is 8.20. The van der Waals surface area contributed by atoms with E-state index in [1.807, 2.05) is 0 Å². The number of nitrogens with zero attached hydrogens (tertiary/aromatic N) is 2. The zero-order valence-electron chi connectivity index (χ0n) is 19.4. The standard InChI is InChI=1S/C26H37N3O3/c1-32-26(31)17-7-8-22-21(14-17)24(28-29(22)20-5-3-2-4-6-20)25(30)27-23-18-10-15-9-16(12-18)13-19(23)11-15/h15-20,23H,2-14H2,1H3,(H,27,30)/t15?,16?,17-,18?,19?,23?/m1/s1. The molecular weight excluding hydrogens is 402 g/mol. The Bertz CT molecular complexity index is 872. The van der Waals surface area contributed by atoms with Crippen LogP contribution in [0.3, 0.4) is 0 Å². The minimum Gasteiger partial charge on any atom is -0.469 e. The maximum atomic E-state index is 13.6. The molecule has 174 valence electrons. The molecule has 6 aliphatic rings. The molecule has 0 aliphatic heterocycles. The van der Waals surface area contributed by atoms with E-state index in [9.17, 15) is 9.59 Å². The van der Waals surface area contributed by atoms with Crippen molar-refractivity contribution in [2.24, 2.45) is 29.6 Å². The Morgan fingerprint density at radius 3 is 2.31 bits per heavy atom. The number of amides is 1. The highest BCUT2D eigenvalue weighted by Crippen LogP contribution is 2.53. The summed E-state index contributed by atoms with van der Waals surface area (Å²) >= 11 is 0. The Labute approximate surface area is 190 Å². The summed E-state index contributed by atoms with van der Waals surface area (Å²) in [6.45, 7) is 0. The number of fused-ring (bicyclic) bond motifs is 1. The largest absolute Gasteiger partial charge is 0.469 e. The second-order valence-electron chi connectivity index (χ2n) is 11.4. The van der Waals surface area contributed by atoms with E-state index in [1.165, 1.54) is 64.2 Å². The summed E-state index contributed by atoms with van der Waals surface area (Å²) in [5.74, 6) is 2.76. The average molecular weight is 440 g/mol. The third kappa shape index (κ3) is 3.49. The van der Waals surface area contributed by atoms with E-state index in [0.717, 1.165) is 43.1 Å². The molecular formula is C26H37N3O3. The predicted octanol–water partition coefficient (Wildman–Crippen LogP) is 4.22. The molecule has 7 rings (SSSR count). The van der Waals surface area contributed by atoms with Crippen molar-refractivity contribution >= 4 is 11.9 Å². The van der Waals surface area contributed by atoms with Crippen LogP contribution in [0.4, 0.5) is 0 Å². The second kappa shape index (κ2) is 8.18. The lowest BCUT2D eigenvalue weighted by atomic mass is 9.54. The molecule has 0 unspecified atom stereocenters. The van der Waals surface area contributed by atoms with Crippen LogP contribution < -0.4 is 5.32 Å². The van der Waals surface area contributed by atoms with Crippen LogP contribution in [0, 0.1) is 29.6 Å². The molecule has 6 nitrogen and oxygen atoms in total. The number of nitrogens with one attached hydrogen (secondary N) is 1. The van der Waals surface area contributed by atoms with Gasteiger partial charge < -0.3 is 10.1 Å². The molecule has 6 heteroatoms. The molecule has 1 N–H and O–H groups in total. The van der Waals surface area contributed by atoms with Crippen molar-refractivity contribution in [3.8, 4) is 0 Å². The third-order valence-corrected chi connectivity index (χ3v) is 9.49. The first-order valence-electron chi connectivity index (χ1n) is 13.1. The molecule has 5 saturated carbocycles. The lowest BCUT2D eigenvalue weighted by Crippen LogP contribution is -2.56. The smallest absolute Gasteiger partial charge is 0.309 e. The fourth-order valence-corrected chi connectivity index (χ4v) is 8.20. The van der Waals surface area contributed by atoms with E-state index >= 15 is 0 Å². The zero-order chi connectivity index (χ0) is 21.8. The number of methoxy groups -OCH3 is 1. The molecule has 1 heterocycles. The number of carbonyl (C=O) groups excluding carboxylic acids is 2. The maximum absolute atomic E-state index is 13.6. The van der Waals surface area contributed by atoms with Crippen LogP contribution in [0.2, 0.25) is 0 Å². The van der Waals surface area contributed by atoms with Gasteiger partial charge in [-0.3, -0.25) is 14.3 Å². The third-order valence-electron chi connectivity index (χ3n) is 9.49. The number of rotatable bonds is 4. The van der Waals surface area contributed by atoms with E-state index in [0.29, 0.717) is 36.0 Å². The summed E-state index contributed by atoms with van der Waals surface area (Å²) in [7, 11) is 1.46. The highest BCUT2D eigenvalue weighted by atomic mass is 16.5. The molecule has 0 aromatic carbocycles. The van der Waals surface area contributed by atoms with Crippen molar-refractivity contribution in [2.45, 2.75) is 95.6 Å². The van der Waals surface area contributed by atoms with E-state index in [4.69, 9.17) is 9.84 Å². The van der Waals surface area contributed by atoms with Gasteiger partial charge in [-0.05, 0) is 87.9 Å². The van der Waals surface area contributed by atoms with Crippen molar-refractivity contribution in [2.75, 3.05) is 7.11 Å². The van der Waals surface area contributed by atoms with E-state index < -0.39 is 0 Å². The summed E-state index contributed by atoms with van der Waals surface area (Å²) < 4.78 is 7.24. The fraction of sp³-hybridized carbons (Fsp3) is 0.808. The van der Waals surface area contributed by atoms with Gasteiger partial charge in [-0.25, -0.2) is 0 Å². The minimum atomic E-state index is -0.163. The zero-order valence-corrected chi connectivity index (χ0v) is 19.4. The molecule has 0 saturated heterocycles. The van der Waals surface area contributed by atoms with Crippen LogP contribution in [0.1, 0.15) is 98.4 Å². The van der Waals surface area contributed by atoms with Crippen LogP contribution in [0.25, 0.3) is 0 Å². The average Bonchev–Trinajstić information content (AvgIpc) is 3.20. The first kappa shape index (κ1) is 20.7. The lowest BCUT2D eigenvalue weighted by Gasteiger charge is -2.54. The van der Waals surface area contributed by atoms with Gasteiger partial charge in [0.2, 0.25) is 0 Å². The molecule has 4 bridgehead atoms. The first-order valence-corrected chi connectivity index (χ1v) is 13.1. The van der Waals surface area contributed by atoms with Gasteiger partial charge in [0.1, 0.15) is 0 Å². The van der Waals surface area contributed by atoms with Crippen LogP contribution in [-0.4, -0.2) is 34.8 Å². The normalized spacial score (nSPS) is 36.0.